The van der Waals surface area contributed by atoms with E-state index in [1.165, 1.54) is 0 Å². The maximum Gasteiger partial charge on any atom is 0.322 e. The molecule has 0 aromatic carbocycles. The number of carboxylic acids is 1. The van der Waals surface area contributed by atoms with Crippen molar-refractivity contribution in [2.45, 2.75) is 5.41 Å². The van der Waals surface area contributed by atoms with Crippen LogP contribution in [0.25, 0.3) is 11.3 Å². The van der Waals surface area contributed by atoms with E-state index < -0.39 is 11.4 Å². The maximum absolute atomic E-state index is 11.3. The van der Waals surface area contributed by atoms with Crippen LogP contribution in [0.2, 0.25) is 0 Å². The first-order valence-electron chi connectivity index (χ1n) is 5.49. The highest BCUT2D eigenvalue weighted by Crippen LogP contribution is 2.31. The third kappa shape index (κ3) is 1.50. The van der Waals surface area contributed by atoms with Gasteiger partial charge >= 0.3 is 5.97 Å². The zero-order chi connectivity index (χ0) is 12.6. The molecule has 92 valence electrons. The average Bonchev–Trinajstić information content (AvgIpc) is 2.78. The molecule has 3 heterocycles. The third-order valence-electron chi connectivity index (χ3n) is 3.11. The molecule has 0 saturated carbocycles. The van der Waals surface area contributed by atoms with E-state index in [1.54, 1.807) is 18.6 Å². The molecular formula is C12H11N3O3. The standard InChI is InChI=1S/C12H11N3O3/c16-11(17)12(6-18-7-12)10-14-5-9(15-10)8-2-1-3-13-4-8/h1-5H,6-7H2,(H,14,15)(H,16,17). The maximum atomic E-state index is 11.3. The first-order valence-corrected chi connectivity index (χ1v) is 5.49. The van der Waals surface area contributed by atoms with Crippen LogP contribution in [-0.4, -0.2) is 39.2 Å². The van der Waals surface area contributed by atoms with Crippen LogP contribution in [0, 0.1) is 0 Å². The summed E-state index contributed by atoms with van der Waals surface area (Å²) in [5.41, 5.74) is 0.600. The van der Waals surface area contributed by atoms with Gasteiger partial charge in [0.1, 0.15) is 5.82 Å². The molecule has 18 heavy (non-hydrogen) atoms. The molecule has 0 aliphatic carbocycles. The summed E-state index contributed by atoms with van der Waals surface area (Å²) < 4.78 is 5.02. The number of imidazole rings is 1. The first kappa shape index (κ1) is 10.9. The van der Waals surface area contributed by atoms with E-state index in [9.17, 15) is 9.90 Å². The first-order chi connectivity index (χ1) is 8.72. The minimum atomic E-state index is -1.03. The van der Waals surface area contributed by atoms with E-state index >= 15 is 0 Å². The minimum Gasteiger partial charge on any atom is -0.480 e. The van der Waals surface area contributed by atoms with Gasteiger partial charge in [-0.3, -0.25) is 9.78 Å². The summed E-state index contributed by atoms with van der Waals surface area (Å²) >= 11 is 0. The molecule has 0 bridgehead atoms. The second-order valence-electron chi connectivity index (χ2n) is 4.27. The molecule has 2 aromatic rings. The molecule has 1 aliphatic rings. The second-order valence-corrected chi connectivity index (χ2v) is 4.27. The van der Waals surface area contributed by atoms with E-state index in [2.05, 4.69) is 15.0 Å². The summed E-state index contributed by atoms with van der Waals surface area (Å²) in [4.78, 5) is 22.5. The van der Waals surface area contributed by atoms with Crippen molar-refractivity contribution in [3.8, 4) is 11.3 Å². The average molecular weight is 245 g/mol. The number of nitrogens with one attached hydrogen (secondary N) is 1. The molecule has 0 spiro atoms. The Labute approximate surface area is 103 Å². The summed E-state index contributed by atoms with van der Waals surface area (Å²) in [6.45, 7) is 0.310. The monoisotopic (exact) mass is 245 g/mol. The Balaban J connectivity index is 1.97. The quantitative estimate of drug-likeness (QED) is 0.836. The molecule has 2 N–H and O–H groups in total. The molecule has 0 amide bonds. The number of hydrogen-bond donors (Lipinski definition) is 2. The van der Waals surface area contributed by atoms with Crippen molar-refractivity contribution in [3.63, 3.8) is 0 Å². The number of aromatic nitrogens is 3. The van der Waals surface area contributed by atoms with E-state index in [-0.39, 0.29) is 13.2 Å². The van der Waals surface area contributed by atoms with Crippen molar-refractivity contribution < 1.29 is 14.6 Å². The fourth-order valence-corrected chi connectivity index (χ4v) is 1.90. The molecule has 0 atom stereocenters. The van der Waals surface area contributed by atoms with Crippen molar-refractivity contribution in [1.82, 2.24) is 15.0 Å². The van der Waals surface area contributed by atoms with Crippen molar-refractivity contribution in [3.05, 3.63) is 36.5 Å². The van der Waals surface area contributed by atoms with Gasteiger partial charge in [0, 0.05) is 18.0 Å². The summed E-state index contributed by atoms with van der Waals surface area (Å²) in [5.74, 6) is -0.485. The topological polar surface area (TPSA) is 88.1 Å². The van der Waals surface area contributed by atoms with Crippen molar-refractivity contribution in [1.29, 1.82) is 0 Å². The molecule has 6 nitrogen and oxygen atoms in total. The zero-order valence-corrected chi connectivity index (χ0v) is 9.46. The number of pyridine rings is 1. The second kappa shape index (κ2) is 3.92. The third-order valence-corrected chi connectivity index (χ3v) is 3.11. The summed E-state index contributed by atoms with van der Waals surface area (Å²) in [5, 5.41) is 9.26. The summed E-state index contributed by atoms with van der Waals surface area (Å²) in [6, 6.07) is 3.70. The lowest BCUT2D eigenvalue weighted by molar-refractivity contribution is -0.163. The van der Waals surface area contributed by atoms with Crippen LogP contribution in [-0.2, 0) is 14.9 Å². The Morgan fingerprint density at radius 3 is 2.83 bits per heavy atom. The SMILES string of the molecule is O=C(O)C1(c2ncc(-c3cccnc3)[nH]2)COC1. The number of H-pyrrole nitrogens is 1. The predicted molar refractivity (Wildman–Crippen MR) is 62.0 cm³/mol. The van der Waals surface area contributed by atoms with Crippen LogP contribution in [0.4, 0.5) is 0 Å². The van der Waals surface area contributed by atoms with Gasteiger partial charge in [0.25, 0.3) is 0 Å². The number of carboxylic acid groups (broad SMARTS) is 1. The molecule has 2 aromatic heterocycles. The van der Waals surface area contributed by atoms with E-state index in [1.807, 2.05) is 12.1 Å². The van der Waals surface area contributed by atoms with Crippen LogP contribution in [0.3, 0.4) is 0 Å². The van der Waals surface area contributed by atoms with Gasteiger partial charge in [0.2, 0.25) is 0 Å². The van der Waals surface area contributed by atoms with Gasteiger partial charge in [-0.05, 0) is 12.1 Å². The zero-order valence-electron chi connectivity index (χ0n) is 9.46. The lowest BCUT2D eigenvalue weighted by atomic mass is 9.85. The van der Waals surface area contributed by atoms with Crippen LogP contribution in [0.1, 0.15) is 5.82 Å². The van der Waals surface area contributed by atoms with Gasteiger partial charge in [-0.15, -0.1) is 0 Å². The number of nitrogens with zero attached hydrogens (tertiary/aromatic N) is 2. The smallest absolute Gasteiger partial charge is 0.322 e. The molecule has 0 radical (unpaired) electrons. The van der Waals surface area contributed by atoms with E-state index in [0.29, 0.717) is 5.82 Å². The highest BCUT2D eigenvalue weighted by Gasteiger charge is 2.50. The van der Waals surface area contributed by atoms with Gasteiger partial charge < -0.3 is 14.8 Å². The number of hydrogen-bond acceptors (Lipinski definition) is 4. The van der Waals surface area contributed by atoms with Gasteiger partial charge in [-0.1, -0.05) is 0 Å². The lowest BCUT2D eigenvalue weighted by Crippen LogP contribution is -2.53. The normalized spacial score (nSPS) is 17.1. The minimum absolute atomic E-state index is 0.155. The number of ether oxygens (including phenoxy) is 1. The number of aromatic amines is 1. The molecule has 1 fully saturated rings. The van der Waals surface area contributed by atoms with Crippen molar-refractivity contribution >= 4 is 5.97 Å². The van der Waals surface area contributed by atoms with Gasteiger partial charge in [-0.2, -0.15) is 0 Å². The fraction of sp³-hybridized carbons (Fsp3) is 0.250. The van der Waals surface area contributed by atoms with Crippen molar-refractivity contribution in [2.24, 2.45) is 0 Å². The predicted octanol–water partition coefficient (Wildman–Crippen LogP) is 0.824. The molecule has 0 unspecified atom stereocenters. The van der Waals surface area contributed by atoms with E-state index in [0.717, 1.165) is 11.3 Å². The lowest BCUT2D eigenvalue weighted by Gasteiger charge is -2.35. The number of aliphatic carboxylic acids is 1. The fourth-order valence-electron chi connectivity index (χ4n) is 1.90. The Kier molecular flexibility index (Phi) is 2.38. The largest absolute Gasteiger partial charge is 0.480 e. The highest BCUT2D eigenvalue weighted by molar-refractivity contribution is 5.82. The van der Waals surface area contributed by atoms with E-state index in [4.69, 9.17) is 4.74 Å². The number of rotatable bonds is 3. The van der Waals surface area contributed by atoms with Crippen LogP contribution >= 0.6 is 0 Å². The molecule has 1 saturated heterocycles. The summed E-state index contributed by atoms with van der Waals surface area (Å²) in [7, 11) is 0. The molecular weight excluding hydrogens is 234 g/mol. The van der Waals surface area contributed by atoms with Crippen LogP contribution < -0.4 is 0 Å². The van der Waals surface area contributed by atoms with Gasteiger partial charge in [0.15, 0.2) is 5.41 Å². The molecule has 1 aliphatic heterocycles. The van der Waals surface area contributed by atoms with Gasteiger partial charge in [-0.25, -0.2) is 4.98 Å². The van der Waals surface area contributed by atoms with Crippen LogP contribution in [0.15, 0.2) is 30.7 Å². The Morgan fingerprint density at radius 2 is 2.28 bits per heavy atom. The Morgan fingerprint density at radius 1 is 1.44 bits per heavy atom. The van der Waals surface area contributed by atoms with Gasteiger partial charge in [0.05, 0.1) is 25.1 Å². The van der Waals surface area contributed by atoms with Crippen molar-refractivity contribution in [2.75, 3.05) is 13.2 Å². The van der Waals surface area contributed by atoms with Crippen LogP contribution in [0.5, 0.6) is 0 Å². The Hall–Kier alpha value is -2.21. The molecule has 6 heteroatoms. The highest BCUT2D eigenvalue weighted by atomic mass is 16.5. The number of carbonyl (C=O) groups is 1. The molecule has 3 rings (SSSR count). The Bertz CT molecular complexity index is 575. The summed E-state index contributed by atoms with van der Waals surface area (Å²) in [6.07, 6.45) is 5.00.